The maximum atomic E-state index is 3.66. The van der Waals surface area contributed by atoms with Crippen LogP contribution in [0.15, 0.2) is 38.6 Å². The molecule has 1 unspecified atom stereocenters. The average Bonchev–Trinajstić information content (AvgIpc) is 2.74. The molecule has 1 heterocycles. The van der Waals surface area contributed by atoms with Crippen LogP contribution in [0, 0.1) is 6.92 Å². The van der Waals surface area contributed by atoms with Crippen LogP contribution in [0.4, 0.5) is 0 Å². The molecule has 0 spiro atoms. The van der Waals surface area contributed by atoms with Gasteiger partial charge < -0.3 is 5.32 Å². The molecule has 1 aromatic carbocycles. The van der Waals surface area contributed by atoms with E-state index in [2.05, 4.69) is 81.4 Å². The molecule has 4 heteroatoms. The summed E-state index contributed by atoms with van der Waals surface area (Å²) in [6.45, 7) is 5.40. The second kappa shape index (κ2) is 7.74. The lowest BCUT2D eigenvalue weighted by atomic mass is 10.0. The van der Waals surface area contributed by atoms with Gasteiger partial charge in [-0.05, 0) is 69.8 Å². The van der Waals surface area contributed by atoms with Gasteiger partial charge in [0.1, 0.15) is 0 Å². The van der Waals surface area contributed by atoms with Gasteiger partial charge in [-0.1, -0.05) is 36.8 Å². The highest BCUT2D eigenvalue weighted by atomic mass is 79.9. The summed E-state index contributed by atoms with van der Waals surface area (Å²) in [5.74, 6) is 0. The highest BCUT2D eigenvalue weighted by Crippen LogP contribution is 2.36. The van der Waals surface area contributed by atoms with Crippen molar-refractivity contribution >= 4 is 43.2 Å². The SMILES string of the molecule is CCCNC(Cc1cccc(C)c1)c1cc(Br)c(Br)s1. The standard InChI is InChI=1S/C16H19Br2NS/c1-3-7-19-14(15-10-13(17)16(18)20-15)9-12-6-4-5-11(2)8-12/h4-6,8,10,14,19H,3,7,9H2,1-2H3. The van der Waals surface area contributed by atoms with E-state index in [0.29, 0.717) is 6.04 Å². The monoisotopic (exact) mass is 415 g/mol. The van der Waals surface area contributed by atoms with Gasteiger partial charge in [0, 0.05) is 15.4 Å². The third-order valence-corrected chi connectivity index (χ3v) is 6.54. The number of nitrogens with one attached hydrogen (secondary N) is 1. The summed E-state index contributed by atoms with van der Waals surface area (Å²) in [5, 5.41) is 3.66. The minimum absolute atomic E-state index is 0.379. The zero-order valence-corrected chi connectivity index (χ0v) is 15.7. The fraction of sp³-hybridized carbons (Fsp3) is 0.375. The Hall–Kier alpha value is -0.160. The van der Waals surface area contributed by atoms with Crippen molar-refractivity contribution in [1.29, 1.82) is 0 Å². The van der Waals surface area contributed by atoms with Crippen molar-refractivity contribution in [3.8, 4) is 0 Å². The Morgan fingerprint density at radius 3 is 2.65 bits per heavy atom. The molecule has 20 heavy (non-hydrogen) atoms. The van der Waals surface area contributed by atoms with Gasteiger partial charge in [-0.3, -0.25) is 0 Å². The van der Waals surface area contributed by atoms with Gasteiger partial charge in [0.15, 0.2) is 0 Å². The second-order valence-electron chi connectivity index (χ2n) is 4.97. The van der Waals surface area contributed by atoms with Gasteiger partial charge in [0.25, 0.3) is 0 Å². The van der Waals surface area contributed by atoms with Crippen LogP contribution in [0.1, 0.15) is 35.4 Å². The number of hydrogen-bond acceptors (Lipinski definition) is 2. The van der Waals surface area contributed by atoms with Crippen LogP contribution >= 0.6 is 43.2 Å². The number of halogens is 2. The van der Waals surface area contributed by atoms with Crippen LogP contribution < -0.4 is 5.32 Å². The van der Waals surface area contributed by atoms with Gasteiger partial charge in [-0.2, -0.15) is 0 Å². The smallest absolute Gasteiger partial charge is 0.0843 e. The zero-order chi connectivity index (χ0) is 14.5. The number of aryl methyl sites for hydroxylation is 1. The molecule has 0 aliphatic heterocycles. The highest BCUT2D eigenvalue weighted by Gasteiger charge is 2.16. The molecule has 1 N–H and O–H groups in total. The van der Waals surface area contributed by atoms with Crippen LogP contribution in [0.25, 0.3) is 0 Å². The van der Waals surface area contributed by atoms with Crippen LogP contribution in [-0.4, -0.2) is 6.54 Å². The second-order valence-corrected chi connectivity index (χ2v) is 8.23. The number of benzene rings is 1. The Morgan fingerprint density at radius 2 is 2.05 bits per heavy atom. The third kappa shape index (κ3) is 4.42. The molecule has 1 atom stereocenters. The van der Waals surface area contributed by atoms with Gasteiger partial charge in [0.05, 0.1) is 3.79 Å². The fourth-order valence-electron chi connectivity index (χ4n) is 2.20. The summed E-state index contributed by atoms with van der Waals surface area (Å²) in [5.41, 5.74) is 2.71. The molecule has 108 valence electrons. The lowest BCUT2D eigenvalue weighted by molar-refractivity contribution is 0.536. The molecule has 0 radical (unpaired) electrons. The number of hydrogen-bond donors (Lipinski definition) is 1. The van der Waals surface area contributed by atoms with E-state index < -0.39 is 0 Å². The molecule has 0 bridgehead atoms. The predicted molar refractivity (Wildman–Crippen MR) is 95.6 cm³/mol. The largest absolute Gasteiger partial charge is 0.309 e. The van der Waals surface area contributed by atoms with Gasteiger partial charge in [-0.15, -0.1) is 11.3 Å². The van der Waals surface area contributed by atoms with Crippen molar-refractivity contribution in [2.24, 2.45) is 0 Å². The van der Waals surface area contributed by atoms with Crippen molar-refractivity contribution in [1.82, 2.24) is 5.32 Å². The molecule has 2 rings (SSSR count). The quantitative estimate of drug-likeness (QED) is 0.621. The minimum atomic E-state index is 0.379. The fourth-order valence-corrected chi connectivity index (χ4v) is 4.37. The summed E-state index contributed by atoms with van der Waals surface area (Å²) in [4.78, 5) is 1.37. The van der Waals surface area contributed by atoms with Gasteiger partial charge in [0.2, 0.25) is 0 Å². The first-order valence-corrected chi connectivity index (χ1v) is 9.24. The van der Waals surface area contributed by atoms with E-state index in [1.54, 1.807) is 11.3 Å². The van der Waals surface area contributed by atoms with E-state index in [0.717, 1.165) is 23.9 Å². The van der Waals surface area contributed by atoms with Crippen molar-refractivity contribution in [3.63, 3.8) is 0 Å². The van der Waals surface area contributed by atoms with Crippen molar-refractivity contribution in [2.75, 3.05) is 6.54 Å². The van der Waals surface area contributed by atoms with E-state index in [1.165, 1.54) is 19.8 Å². The summed E-state index contributed by atoms with van der Waals surface area (Å²) in [6.07, 6.45) is 2.18. The normalized spacial score (nSPS) is 12.6. The van der Waals surface area contributed by atoms with E-state index in [-0.39, 0.29) is 0 Å². The van der Waals surface area contributed by atoms with Crippen molar-refractivity contribution in [3.05, 3.63) is 54.6 Å². The van der Waals surface area contributed by atoms with Crippen LogP contribution in [0.5, 0.6) is 0 Å². The Bertz CT molecular complexity index is 546. The molecule has 0 saturated carbocycles. The molecule has 0 saturated heterocycles. The third-order valence-electron chi connectivity index (χ3n) is 3.17. The molecule has 1 nitrogen and oxygen atoms in total. The van der Waals surface area contributed by atoms with Gasteiger partial charge >= 0.3 is 0 Å². The lowest BCUT2D eigenvalue weighted by Gasteiger charge is -2.17. The first-order valence-electron chi connectivity index (χ1n) is 6.83. The van der Waals surface area contributed by atoms with E-state index in [4.69, 9.17) is 0 Å². The average molecular weight is 417 g/mol. The van der Waals surface area contributed by atoms with E-state index >= 15 is 0 Å². The van der Waals surface area contributed by atoms with Crippen molar-refractivity contribution < 1.29 is 0 Å². The minimum Gasteiger partial charge on any atom is -0.309 e. The molecule has 0 aliphatic carbocycles. The molecular formula is C16H19Br2NS. The summed E-state index contributed by atoms with van der Waals surface area (Å²) < 4.78 is 2.31. The Kier molecular flexibility index (Phi) is 6.27. The molecular weight excluding hydrogens is 398 g/mol. The predicted octanol–water partition coefficient (Wildman–Crippen LogP) is 5.86. The molecule has 0 fully saturated rings. The van der Waals surface area contributed by atoms with Crippen LogP contribution in [0.2, 0.25) is 0 Å². The first-order chi connectivity index (χ1) is 9.60. The Morgan fingerprint density at radius 1 is 1.25 bits per heavy atom. The molecule has 0 amide bonds. The first kappa shape index (κ1) is 16.2. The lowest BCUT2D eigenvalue weighted by Crippen LogP contribution is -2.23. The summed E-state index contributed by atoms with van der Waals surface area (Å²) in [7, 11) is 0. The molecule has 1 aromatic heterocycles. The van der Waals surface area contributed by atoms with Gasteiger partial charge in [-0.25, -0.2) is 0 Å². The van der Waals surface area contributed by atoms with Crippen molar-refractivity contribution in [2.45, 2.75) is 32.7 Å². The maximum absolute atomic E-state index is 3.66. The number of rotatable bonds is 6. The summed E-state index contributed by atoms with van der Waals surface area (Å²) in [6, 6.07) is 11.4. The number of thiophene rings is 1. The Labute approximate surface area is 142 Å². The highest BCUT2D eigenvalue weighted by molar-refractivity contribution is 9.13. The molecule has 2 aromatic rings. The summed E-state index contributed by atoms with van der Waals surface area (Å²) >= 11 is 8.98. The van der Waals surface area contributed by atoms with Crippen LogP contribution in [0.3, 0.4) is 0 Å². The topological polar surface area (TPSA) is 12.0 Å². The maximum Gasteiger partial charge on any atom is 0.0843 e. The van der Waals surface area contributed by atoms with E-state index in [9.17, 15) is 0 Å². The Balaban J connectivity index is 2.19. The molecule has 0 aliphatic rings. The van der Waals surface area contributed by atoms with E-state index in [1.807, 2.05) is 0 Å². The van der Waals surface area contributed by atoms with Crippen LogP contribution in [-0.2, 0) is 6.42 Å². The zero-order valence-electron chi connectivity index (χ0n) is 11.7.